The molecule has 0 saturated carbocycles. The summed E-state index contributed by atoms with van der Waals surface area (Å²) < 4.78 is 0. The van der Waals surface area contributed by atoms with Gasteiger partial charge in [0.25, 0.3) is 0 Å². The average molecular weight is 285 g/mol. The Kier molecular flexibility index (Phi) is 4.96. The number of carbonyl (C=O) groups is 2. The largest absolute Gasteiger partial charge is 0.333 e. The minimum Gasteiger partial charge on any atom is -0.333 e. The summed E-state index contributed by atoms with van der Waals surface area (Å²) >= 11 is 0. The van der Waals surface area contributed by atoms with E-state index >= 15 is 0 Å². The van der Waals surface area contributed by atoms with E-state index in [0.717, 1.165) is 11.1 Å². The highest BCUT2D eigenvalue weighted by atomic mass is 16.2. The molecule has 0 spiro atoms. The smallest absolute Gasteiger partial charge is 0.312 e. The van der Waals surface area contributed by atoms with Gasteiger partial charge in [-0.3, -0.25) is 9.59 Å². The van der Waals surface area contributed by atoms with Crippen molar-refractivity contribution in [2.75, 3.05) is 26.2 Å². The van der Waals surface area contributed by atoms with E-state index < -0.39 is 11.8 Å². The van der Waals surface area contributed by atoms with Gasteiger partial charge in [0, 0.05) is 31.7 Å². The Balaban J connectivity index is 2.02. The summed E-state index contributed by atoms with van der Waals surface area (Å²) in [5.41, 5.74) is 7.20. The Labute approximate surface area is 124 Å². The van der Waals surface area contributed by atoms with Gasteiger partial charge in [-0.25, -0.2) is 0 Å². The van der Waals surface area contributed by atoms with Crippen molar-refractivity contribution >= 4 is 11.8 Å². The molecule has 0 atom stereocenters. The van der Waals surface area contributed by atoms with Crippen LogP contribution in [0.1, 0.15) is 18.1 Å². The molecule has 1 aliphatic heterocycles. The maximum Gasteiger partial charge on any atom is 0.312 e. The van der Waals surface area contributed by atoms with Gasteiger partial charge in [-0.05, 0) is 24.6 Å². The van der Waals surface area contributed by atoms with Crippen molar-refractivity contribution in [3.63, 3.8) is 0 Å². The molecular formula is C16H19N3O2. The first-order valence-corrected chi connectivity index (χ1v) is 7.01. The van der Waals surface area contributed by atoms with Crippen LogP contribution in [-0.4, -0.2) is 47.8 Å². The molecule has 0 radical (unpaired) electrons. The maximum atomic E-state index is 12.0. The van der Waals surface area contributed by atoms with E-state index in [9.17, 15) is 9.59 Å². The first-order valence-electron chi connectivity index (χ1n) is 7.01. The van der Waals surface area contributed by atoms with Crippen molar-refractivity contribution in [1.82, 2.24) is 9.80 Å². The summed E-state index contributed by atoms with van der Waals surface area (Å²) in [5.74, 6) is 4.91. The number of amides is 2. The monoisotopic (exact) mass is 285 g/mol. The van der Waals surface area contributed by atoms with Crippen molar-refractivity contribution in [1.29, 1.82) is 0 Å². The van der Waals surface area contributed by atoms with Gasteiger partial charge >= 0.3 is 11.8 Å². The molecule has 5 heteroatoms. The van der Waals surface area contributed by atoms with Gasteiger partial charge in [-0.2, -0.15) is 0 Å². The highest BCUT2D eigenvalue weighted by Crippen LogP contribution is 2.11. The van der Waals surface area contributed by atoms with E-state index in [1.165, 1.54) is 0 Å². The van der Waals surface area contributed by atoms with Gasteiger partial charge < -0.3 is 15.5 Å². The Morgan fingerprint density at radius 2 is 1.71 bits per heavy atom. The van der Waals surface area contributed by atoms with Crippen LogP contribution in [0, 0.1) is 11.8 Å². The molecule has 21 heavy (non-hydrogen) atoms. The number of hydrogen-bond donors (Lipinski definition) is 1. The molecule has 1 aromatic rings. The maximum absolute atomic E-state index is 12.0. The number of carbonyl (C=O) groups excluding carboxylic acids is 2. The first kappa shape index (κ1) is 15.1. The van der Waals surface area contributed by atoms with Crippen LogP contribution in [0.3, 0.4) is 0 Å². The third-order valence-corrected chi connectivity index (χ3v) is 3.44. The van der Waals surface area contributed by atoms with E-state index in [2.05, 4.69) is 11.8 Å². The van der Waals surface area contributed by atoms with Crippen LogP contribution in [0.2, 0.25) is 0 Å². The topological polar surface area (TPSA) is 66.6 Å². The molecule has 110 valence electrons. The van der Waals surface area contributed by atoms with Gasteiger partial charge in [-0.1, -0.05) is 24.0 Å². The molecular weight excluding hydrogens is 266 g/mol. The van der Waals surface area contributed by atoms with Crippen molar-refractivity contribution in [3.05, 3.63) is 35.4 Å². The van der Waals surface area contributed by atoms with Crippen LogP contribution in [0.4, 0.5) is 0 Å². The zero-order valence-electron chi connectivity index (χ0n) is 12.1. The molecule has 2 rings (SSSR count). The van der Waals surface area contributed by atoms with Crippen LogP contribution >= 0.6 is 0 Å². The standard InChI is InChI=1S/C16H19N3O2/c1-2-18-10-11-19(16(21)15(18)20)12-14-7-5-13(6-8-14)4-3-9-17/h5-8H,2,9-12,17H2,1H3. The molecule has 2 amide bonds. The van der Waals surface area contributed by atoms with Crippen LogP contribution in [-0.2, 0) is 16.1 Å². The summed E-state index contributed by atoms with van der Waals surface area (Å²) in [6.45, 7) is 4.41. The number of rotatable bonds is 3. The summed E-state index contributed by atoms with van der Waals surface area (Å²) in [6, 6.07) is 7.63. The Morgan fingerprint density at radius 1 is 1.10 bits per heavy atom. The summed E-state index contributed by atoms with van der Waals surface area (Å²) in [7, 11) is 0. The molecule has 1 aliphatic rings. The lowest BCUT2D eigenvalue weighted by Gasteiger charge is -2.33. The van der Waals surface area contributed by atoms with E-state index in [1.54, 1.807) is 9.80 Å². The van der Waals surface area contributed by atoms with Gasteiger partial charge in [0.2, 0.25) is 0 Å². The number of hydrogen-bond acceptors (Lipinski definition) is 3. The normalized spacial score (nSPS) is 15.0. The van der Waals surface area contributed by atoms with Gasteiger partial charge in [0.05, 0.1) is 6.54 Å². The molecule has 1 heterocycles. The van der Waals surface area contributed by atoms with Crippen molar-refractivity contribution in [3.8, 4) is 11.8 Å². The second-order valence-corrected chi connectivity index (χ2v) is 4.81. The molecule has 0 aliphatic carbocycles. The minimum absolute atomic E-state index is 0.333. The van der Waals surface area contributed by atoms with Crippen LogP contribution in [0.15, 0.2) is 24.3 Å². The van der Waals surface area contributed by atoms with Crippen molar-refractivity contribution in [2.24, 2.45) is 5.73 Å². The molecule has 2 N–H and O–H groups in total. The number of likely N-dealkylation sites (N-methyl/N-ethyl adjacent to an activating group) is 1. The second-order valence-electron chi connectivity index (χ2n) is 4.81. The summed E-state index contributed by atoms with van der Waals surface area (Å²) in [5, 5.41) is 0. The van der Waals surface area contributed by atoms with Gasteiger partial charge in [-0.15, -0.1) is 0 Å². The van der Waals surface area contributed by atoms with Crippen LogP contribution in [0.5, 0.6) is 0 Å². The Morgan fingerprint density at radius 3 is 2.33 bits per heavy atom. The highest BCUT2D eigenvalue weighted by Gasteiger charge is 2.31. The number of nitrogens with two attached hydrogens (primary N) is 1. The Bertz CT molecular complexity index is 584. The molecule has 0 aromatic heterocycles. The fourth-order valence-corrected chi connectivity index (χ4v) is 2.23. The fourth-order valence-electron chi connectivity index (χ4n) is 2.23. The number of piperazine rings is 1. The molecule has 1 fully saturated rings. The minimum atomic E-state index is -0.421. The second kappa shape index (κ2) is 6.91. The molecule has 0 bridgehead atoms. The third kappa shape index (κ3) is 3.61. The number of nitrogens with zero attached hydrogens (tertiary/aromatic N) is 2. The van der Waals surface area contributed by atoms with E-state index in [4.69, 9.17) is 5.73 Å². The summed E-state index contributed by atoms with van der Waals surface area (Å²) in [6.07, 6.45) is 0. The van der Waals surface area contributed by atoms with Crippen molar-refractivity contribution < 1.29 is 9.59 Å². The lowest BCUT2D eigenvalue weighted by molar-refractivity contribution is -0.156. The lowest BCUT2D eigenvalue weighted by atomic mass is 10.1. The Hall–Kier alpha value is -2.32. The zero-order chi connectivity index (χ0) is 15.2. The molecule has 1 aromatic carbocycles. The third-order valence-electron chi connectivity index (χ3n) is 3.44. The van der Waals surface area contributed by atoms with Crippen molar-refractivity contribution in [2.45, 2.75) is 13.5 Å². The van der Waals surface area contributed by atoms with Gasteiger partial charge in [0.15, 0.2) is 0 Å². The predicted molar refractivity (Wildman–Crippen MR) is 80.0 cm³/mol. The highest BCUT2D eigenvalue weighted by molar-refractivity contribution is 6.35. The van der Waals surface area contributed by atoms with E-state index in [-0.39, 0.29) is 0 Å². The van der Waals surface area contributed by atoms with E-state index in [1.807, 2.05) is 31.2 Å². The lowest BCUT2D eigenvalue weighted by Crippen LogP contribution is -2.53. The molecule has 1 saturated heterocycles. The molecule has 0 unspecified atom stereocenters. The summed E-state index contributed by atoms with van der Waals surface area (Å²) in [4.78, 5) is 27.0. The average Bonchev–Trinajstić information content (AvgIpc) is 2.51. The molecule has 5 nitrogen and oxygen atoms in total. The number of benzene rings is 1. The van der Waals surface area contributed by atoms with Crippen LogP contribution in [0.25, 0.3) is 0 Å². The predicted octanol–water partition coefficient (Wildman–Crippen LogP) is 0.188. The van der Waals surface area contributed by atoms with Crippen LogP contribution < -0.4 is 5.73 Å². The van der Waals surface area contributed by atoms with E-state index in [0.29, 0.717) is 32.7 Å². The zero-order valence-corrected chi connectivity index (χ0v) is 12.1. The first-order chi connectivity index (χ1) is 10.2. The quantitative estimate of drug-likeness (QED) is 0.637. The SMILES string of the molecule is CCN1CCN(Cc2ccc(C#CCN)cc2)C(=O)C1=O. The fraction of sp³-hybridized carbons (Fsp3) is 0.375. The van der Waals surface area contributed by atoms with Gasteiger partial charge in [0.1, 0.15) is 0 Å².